The zero-order valence-corrected chi connectivity index (χ0v) is 16.6. The first-order chi connectivity index (χ1) is 14.4. The normalized spacial score (nSPS) is 20.0. The monoisotopic (exact) mass is 413 g/mol. The minimum absolute atomic E-state index is 0.0563. The lowest BCUT2D eigenvalue weighted by molar-refractivity contribution is -0.148. The van der Waals surface area contributed by atoms with Gasteiger partial charge in [-0.2, -0.15) is 0 Å². The number of fused-ring (bicyclic) bond motifs is 1. The van der Waals surface area contributed by atoms with E-state index in [4.69, 9.17) is 4.74 Å². The van der Waals surface area contributed by atoms with Crippen molar-refractivity contribution in [1.82, 2.24) is 10.2 Å². The highest BCUT2D eigenvalue weighted by molar-refractivity contribution is 6.05. The summed E-state index contributed by atoms with van der Waals surface area (Å²) in [7, 11) is 1.50. The summed E-state index contributed by atoms with van der Waals surface area (Å²) in [6.07, 6.45) is 4.69. The minimum atomic E-state index is -0.683. The third kappa shape index (κ3) is 4.73. The SMILES string of the molecule is CNC(=O)c1cccc(NC(=O)COC(=O)CCN2C(=O)[C@H]3CC=CC[C@@H]3C2=O)c1. The molecule has 0 unspecified atom stereocenters. The van der Waals surface area contributed by atoms with Crippen LogP contribution >= 0.6 is 0 Å². The summed E-state index contributed by atoms with van der Waals surface area (Å²) >= 11 is 0. The molecule has 1 aromatic carbocycles. The molecule has 2 N–H and O–H groups in total. The summed E-state index contributed by atoms with van der Waals surface area (Å²) in [5.41, 5.74) is 0.768. The fourth-order valence-corrected chi connectivity index (χ4v) is 3.59. The van der Waals surface area contributed by atoms with Gasteiger partial charge in [-0.25, -0.2) is 0 Å². The zero-order chi connectivity index (χ0) is 21.7. The van der Waals surface area contributed by atoms with E-state index >= 15 is 0 Å². The summed E-state index contributed by atoms with van der Waals surface area (Å²) in [6, 6.07) is 6.31. The Balaban J connectivity index is 1.44. The number of imide groups is 1. The molecule has 9 heteroatoms. The second-order valence-electron chi connectivity index (χ2n) is 7.10. The number of anilines is 1. The molecule has 0 aromatic heterocycles. The van der Waals surface area contributed by atoms with Crippen molar-refractivity contribution in [3.63, 3.8) is 0 Å². The largest absolute Gasteiger partial charge is 0.456 e. The van der Waals surface area contributed by atoms with Crippen molar-refractivity contribution in [2.45, 2.75) is 19.3 Å². The molecule has 1 saturated heterocycles. The maximum atomic E-state index is 12.4. The van der Waals surface area contributed by atoms with Crippen molar-refractivity contribution >= 4 is 35.3 Å². The number of allylic oxidation sites excluding steroid dienone is 2. The van der Waals surface area contributed by atoms with Crippen LogP contribution in [-0.2, 0) is 23.9 Å². The van der Waals surface area contributed by atoms with Gasteiger partial charge < -0.3 is 15.4 Å². The lowest BCUT2D eigenvalue weighted by Crippen LogP contribution is -2.33. The summed E-state index contributed by atoms with van der Waals surface area (Å²) in [4.78, 5) is 61.4. The Kier molecular flexibility index (Phi) is 6.61. The number of likely N-dealkylation sites (tertiary alicyclic amines) is 1. The van der Waals surface area contributed by atoms with E-state index in [1.165, 1.54) is 13.1 Å². The van der Waals surface area contributed by atoms with Crippen molar-refractivity contribution in [2.24, 2.45) is 11.8 Å². The smallest absolute Gasteiger partial charge is 0.308 e. The number of hydrogen-bond acceptors (Lipinski definition) is 6. The van der Waals surface area contributed by atoms with Gasteiger partial charge in [-0.05, 0) is 31.0 Å². The van der Waals surface area contributed by atoms with Crippen LogP contribution in [0.4, 0.5) is 5.69 Å². The Bertz CT molecular complexity index is 884. The lowest BCUT2D eigenvalue weighted by atomic mass is 9.85. The molecule has 0 radical (unpaired) electrons. The number of esters is 1. The van der Waals surface area contributed by atoms with Gasteiger partial charge in [0.2, 0.25) is 11.8 Å². The number of nitrogens with zero attached hydrogens (tertiary/aromatic N) is 1. The molecular weight excluding hydrogens is 390 g/mol. The van der Waals surface area contributed by atoms with Crippen molar-refractivity contribution in [3.8, 4) is 0 Å². The van der Waals surface area contributed by atoms with E-state index in [1.54, 1.807) is 18.2 Å². The predicted octanol–water partition coefficient (Wildman–Crippen LogP) is 0.869. The van der Waals surface area contributed by atoms with E-state index in [-0.39, 0.29) is 42.5 Å². The summed E-state index contributed by atoms with van der Waals surface area (Å²) < 4.78 is 4.93. The van der Waals surface area contributed by atoms with Crippen LogP contribution in [0.15, 0.2) is 36.4 Å². The average molecular weight is 413 g/mol. The first-order valence-electron chi connectivity index (χ1n) is 9.68. The maximum Gasteiger partial charge on any atom is 0.308 e. The number of amides is 4. The molecule has 1 heterocycles. The Morgan fingerprint density at radius 3 is 2.40 bits per heavy atom. The molecule has 4 amide bonds. The van der Waals surface area contributed by atoms with Crippen molar-refractivity contribution in [3.05, 3.63) is 42.0 Å². The molecule has 0 bridgehead atoms. The number of rotatable bonds is 7. The average Bonchev–Trinajstić information content (AvgIpc) is 3.00. The Hall–Kier alpha value is -3.49. The first-order valence-corrected chi connectivity index (χ1v) is 9.68. The van der Waals surface area contributed by atoms with Gasteiger partial charge in [-0.1, -0.05) is 18.2 Å². The third-order valence-corrected chi connectivity index (χ3v) is 5.14. The fraction of sp³-hybridized carbons (Fsp3) is 0.381. The number of nitrogens with one attached hydrogen (secondary N) is 2. The molecule has 1 aliphatic carbocycles. The fourth-order valence-electron chi connectivity index (χ4n) is 3.59. The molecule has 9 nitrogen and oxygen atoms in total. The van der Waals surface area contributed by atoms with Crippen molar-refractivity contribution in [2.75, 3.05) is 25.5 Å². The number of carbonyl (C=O) groups excluding carboxylic acids is 5. The van der Waals surface area contributed by atoms with Crippen LogP contribution in [0, 0.1) is 11.8 Å². The lowest BCUT2D eigenvalue weighted by Gasteiger charge is -2.14. The second-order valence-corrected chi connectivity index (χ2v) is 7.10. The van der Waals surface area contributed by atoms with Crippen molar-refractivity contribution in [1.29, 1.82) is 0 Å². The maximum absolute atomic E-state index is 12.4. The minimum Gasteiger partial charge on any atom is -0.456 e. The van der Waals surface area contributed by atoms with E-state index in [9.17, 15) is 24.0 Å². The predicted molar refractivity (Wildman–Crippen MR) is 106 cm³/mol. The number of hydrogen-bond donors (Lipinski definition) is 2. The molecule has 0 saturated carbocycles. The molecule has 158 valence electrons. The van der Waals surface area contributed by atoms with E-state index in [0.29, 0.717) is 24.1 Å². The summed E-state index contributed by atoms with van der Waals surface area (Å²) in [5.74, 6) is -2.73. The van der Waals surface area contributed by atoms with E-state index in [1.807, 2.05) is 12.2 Å². The molecular formula is C21H23N3O6. The molecule has 3 rings (SSSR count). The molecule has 1 aliphatic heterocycles. The van der Waals surface area contributed by atoms with E-state index in [2.05, 4.69) is 10.6 Å². The van der Waals surface area contributed by atoms with Crippen LogP contribution in [0.2, 0.25) is 0 Å². The van der Waals surface area contributed by atoms with Gasteiger partial charge in [0.15, 0.2) is 6.61 Å². The van der Waals surface area contributed by atoms with Gasteiger partial charge in [-0.3, -0.25) is 28.9 Å². The number of ether oxygens (including phenoxy) is 1. The molecule has 1 fully saturated rings. The Labute approximate surface area is 173 Å². The van der Waals surface area contributed by atoms with Crippen molar-refractivity contribution < 1.29 is 28.7 Å². The highest BCUT2D eigenvalue weighted by Gasteiger charge is 2.46. The summed E-state index contributed by atoms with van der Waals surface area (Å²) in [5, 5.41) is 5.03. The third-order valence-electron chi connectivity index (χ3n) is 5.14. The van der Waals surface area contributed by atoms with Gasteiger partial charge in [0.25, 0.3) is 11.8 Å². The van der Waals surface area contributed by atoms with Gasteiger partial charge in [0.1, 0.15) is 0 Å². The van der Waals surface area contributed by atoms with Gasteiger partial charge in [0.05, 0.1) is 18.3 Å². The van der Waals surface area contributed by atoms with Gasteiger partial charge in [0, 0.05) is 24.8 Å². The van der Waals surface area contributed by atoms with Crippen LogP contribution < -0.4 is 10.6 Å². The molecule has 0 spiro atoms. The van der Waals surface area contributed by atoms with Gasteiger partial charge >= 0.3 is 5.97 Å². The Morgan fingerprint density at radius 2 is 1.77 bits per heavy atom. The van der Waals surface area contributed by atoms with Crippen LogP contribution in [0.1, 0.15) is 29.6 Å². The molecule has 1 aromatic rings. The highest BCUT2D eigenvalue weighted by Crippen LogP contribution is 2.34. The number of carbonyl (C=O) groups is 5. The van der Waals surface area contributed by atoms with Crippen LogP contribution in [-0.4, -0.2) is 54.7 Å². The van der Waals surface area contributed by atoms with E-state index in [0.717, 1.165) is 4.90 Å². The number of benzene rings is 1. The zero-order valence-electron chi connectivity index (χ0n) is 16.6. The standard InChI is InChI=1S/C21H23N3O6/c1-22-19(27)13-5-4-6-14(11-13)23-17(25)12-30-18(26)9-10-24-20(28)15-7-2-3-8-16(15)21(24)29/h2-6,11,15-16H,7-10,12H2,1H3,(H,22,27)(H,23,25)/t15-,16-/m0/s1. The topological polar surface area (TPSA) is 122 Å². The van der Waals surface area contributed by atoms with E-state index < -0.39 is 18.5 Å². The van der Waals surface area contributed by atoms with Crippen LogP contribution in [0.25, 0.3) is 0 Å². The molecule has 2 atom stereocenters. The second kappa shape index (κ2) is 9.34. The molecule has 30 heavy (non-hydrogen) atoms. The quantitative estimate of drug-likeness (QED) is 0.389. The summed E-state index contributed by atoms with van der Waals surface area (Å²) in [6.45, 7) is -0.570. The van der Waals surface area contributed by atoms with Crippen LogP contribution in [0.3, 0.4) is 0 Å². The molecule has 2 aliphatic rings. The van der Waals surface area contributed by atoms with Crippen LogP contribution in [0.5, 0.6) is 0 Å². The van der Waals surface area contributed by atoms with Gasteiger partial charge in [-0.15, -0.1) is 0 Å². The first kappa shape index (κ1) is 21.2. The Morgan fingerprint density at radius 1 is 1.10 bits per heavy atom. The highest BCUT2D eigenvalue weighted by atomic mass is 16.5.